The van der Waals surface area contributed by atoms with Crippen LogP contribution < -0.4 is 10.6 Å². The molecule has 142 valence electrons. The van der Waals surface area contributed by atoms with Gasteiger partial charge in [-0.1, -0.05) is 0 Å². The fourth-order valence-electron chi connectivity index (χ4n) is 3.24. The van der Waals surface area contributed by atoms with Crippen LogP contribution in [-0.2, 0) is 9.53 Å². The van der Waals surface area contributed by atoms with E-state index in [0.29, 0.717) is 22.3 Å². The number of carbonyl (C=O) groups excluding carboxylic acids is 2. The summed E-state index contributed by atoms with van der Waals surface area (Å²) in [6.45, 7) is 5.41. The van der Waals surface area contributed by atoms with Gasteiger partial charge in [0.1, 0.15) is 16.2 Å². The van der Waals surface area contributed by atoms with Gasteiger partial charge in [0, 0.05) is 0 Å². The molecular weight excluding hydrogens is 400 g/mol. The minimum absolute atomic E-state index is 0.144. The van der Waals surface area contributed by atoms with E-state index in [9.17, 15) is 9.59 Å². The molecular formula is C18H25BrN4O3. The van der Waals surface area contributed by atoms with Gasteiger partial charge >= 0.3 is 6.09 Å². The van der Waals surface area contributed by atoms with Gasteiger partial charge in [0.25, 0.3) is 0 Å². The van der Waals surface area contributed by atoms with E-state index in [1.165, 1.54) is 12.4 Å². The van der Waals surface area contributed by atoms with Crippen molar-refractivity contribution in [2.24, 2.45) is 17.8 Å². The Bertz CT molecular complexity index is 654. The second-order valence-electron chi connectivity index (χ2n) is 8.09. The topological polar surface area (TPSA) is 93.2 Å². The van der Waals surface area contributed by atoms with Gasteiger partial charge in [-0.25, -0.2) is 14.8 Å². The van der Waals surface area contributed by atoms with Crippen LogP contribution >= 0.6 is 15.9 Å². The van der Waals surface area contributed by atoms with Crippen molar-refractivity contribution in [3.63, 3.8) is 0 Å². The number of nitrogens with zero attached hydrogens (tertiary/aromatic N) is 2. The maximum Gasteiger partial charge on any atom is 0.408 e. The number of anilines is 1. The summed E-state index contributed by atoms with van der Waals surface area (Å²) in [5, 5.41) is 5.60. The standard InChI is InChI=1S/C18H25BrN4O3/c1-18(2,3)26-17(25)23-15(14(10-4-5-10)11-6-7-11)16(24)22-13-9-20-12(19)8-21-13/h8-11,14-15H,4-7H2,1-3H3,(H,23,25)(H,21,22,24)/t15-/m0/s1. The molecule has 0 bridgehead atoms. The van der Waals surface area contributed by atoms with E-state index < -0.39 is 17.7 Å². The van der Waals surface area contributed by atoms with Crippen LogP contribution in [0.2, 0.25) is 0 Å². The second kappa shape index (κ2) is 7.50. The SMILES string of the molecule is CC(C)(C)OC(=O)N[C@H](C(=O)Nc1cnc(Br)cn1)C(C1CC1)C1CC1. The van der Waals surface area contributed by atoms with Gasteiger partial charge < -0.3 is 15.4 Å². The largest absolute Gasteiger partial charge is 0.444 e. The van der Waals surface area contributed by atoms with Gasteiger partial charge in [-0.15, -0.1) is 0 Å². The highest BCUT2D eigenvalue weighted by Crippen LogP contribution is 2.50. The van der Waals surface area contributed by atoms with Gasteiger partial charge in [-0.2, -0.15) is 0 Å². The average Bonchev–Trinajstić information content (AvgIpc) is 3.41. The summed E-state index contributed by atoms with van der Waals surface area (Å²) < 4.78 is 5.96. The number of halogens is 1. The monoisotopic (exact) mass is 424 g/mol. The van der Waals surface area contributed by atoms with Gasteiger partial charge in [-0.05, 0) is 80.1 Å². The van der Waals surface area contributed by atoms with Crippen molar-refractivity contribution in [1.82, 2.24) is 15.3 Å². The summed E-state index contributed by atoms with van der Waals surface area (Å²) in [4.78, 5) is 33.5. The van der Waals surface area contributed by atoms with Gasteiger partial charge in [0.05, 0.1) is 12.4 Å². The fourth-order valence-corrected chi connectivity index (χ4v) is 3.45. The number of carbonyl (C=O) groups is 2. The number of amides is 2. The summed E-state index contributed by atoms with van der Waals surface area (Å²) in [6, 6.07) is -0.629. The van der Waals surface area contributed by atoms with Crippen LogP contribution in [0.5, 0.6) is 0 Å². The predicted molar refractivity (Wildman–Crippen MR) is 100 cm³/mol. The van der Waals surface area contributed by atoms with Gasteiger partial charge in [-0.3, -0.25) is 4.79 Å². The lowest BCUT2D eigenvalue weighted by molar-refractivity contribution is -0.120. The quantitative estimate of drug-likeness (QED) is 0.728. The molecule has 8 heteroatoms. The number of aromatic nitrogens is 2. The van der Waals surface area contributed by atoms with E-state index in [1.807, 2.05) is 0 Å². The van der Waals surface area contributed by atoms with E-state index in [4.69, 9.17) is 4.74 Å². The number of alkyl carbamates (subject to hydrolysis) is 1. The molecule has 0 unspecified atom stereocenters. The highest BCUT2D eigenvalue weighted by atomic mass is 79.9. The van der Waals surface area contributed by atoms with Crippen molar-refractivity contribution in [3.8, 4) is 0 Å². The minimum Gasteiger partial charge on any atom is -0.444 e. The number of rotatable bonds is 6. The number of ether oxygens (including phenoxy) is 1. The van der Waals surface area contributed by atoms with Crippen LogP contribution in [0.4, 0.5) is 10.6 Å². The summed E-state index contributed by atoms with van der Waals surface area (Å²) in [5.74, 6) is 1.22. The molecule has 0 radical (unpaired) electrons. The van der Waals surface area contributed by atoms with E-state index >= 15 is 0 Å². The Hall–Kier alpha value is -1.70. The lowest BCUT2D eigenvalue weighted by Crippen LogP contribution is -2.51. The van der Waals surface area contributed by atoms with Crippen molar-refractivity contribution in [2.75, 3.05) is 5.32 Å². The Kier molecular flexibility index (Phi) is 5.50. The van der Waals surface area contributed by atoms with Crippen molar-refractivity contribution >= 4 is 33.7 Å². The summed E-state index contributed by atoms with van der Waals surface area (Å²) in [5.41, 5.74) is -0.614. The number of hydrogen-bond donors (Lipinski definition) is 2. The predicted octanol–water partition coefficient (Wildman–Crippen LogP) is 3.51. The normalized spacial score (nSPS) is 18.3. The number of hydrogen-bond acceptors (Lipinski definition) is 5. The van der Waals surface area contributed by atoms with E-state index in [1.54, 1.807) is 20.8 Å². The summed E-state index contributed by atoms with van der Waals surface area (Å²) >= 11 is 3.22. The molecule has 2 aliphatic rings. The molecule has 2 N–H and O–H groups in total. The Morgan fingerprint density at radius 1 is 1.15 bits per heavy atom. The van der Waals surface area contributed by atoms with Crippen LogP contribution in [0.25, 0.3) is 0 Å². The number of nitrogens with one attached hydrogen (secondary N) is 2. The summed E-state index contributed by atoms with van der Waals surface area (Å²) in [7, 11) is 0. The third-order valence-electron chi connectivity index (χ3n) is 4.54. The molecule has 1 atom stereocenters. The van der Waals surface area contributed by atoms with E-state index in [2.05, 4.69) is 36.5 Å². The molecule has 2 saturated carbocycles. The van der Waals surface area contributed by atoms with Crippen LogP contribution in [0, 0.1) is 17.8 Å². The van der Waals surface area contributed by atoms with Crippen LogP contribution in [-0.4, -0.2) is 33.6 Å². The molecule has 2 aliphatic carbocycles. The first-order valence-corrected chi connectivity index (χ1v) is 9.80. The first kappa shape index (κ1) is 19.1. The zero-order valence-electron chi connectivity index (χ0n) is 15.3. The smallest absolute Gasteiger partial charge is 0.408 e. The lowest BCUT2D eigenvalue weighted by atomic mass is 9.89. The third-order valence-corrected chi connectivity index (χ3v) is 4.95. The third kappa shape index (κ3) is 5.40. The molecule has 0 spiro atoms. The molecule has 0 aliphatic heterocycles. The Morgan fingerprint density at radius 2 is 1.77 bits per heavy atom. The van der Waals surface area contributed by atoms with Crippen LogP contribution in [0.1, 0.15) is 46.5 Å². The van der Waals surface area contributed by atoms with Gasteiger partial charge in [0.15, 0.2) is 5.82 Å². The molecule has 2 amide bonds. The minimum atomic E-state index is -0.629. The summed E-state index contributed by atoms with van der Waals surface area (Å²) in [6.07, 6.45) is 6.88. The first-order valence-electron chi connectivity index (χ1n) is 9.01. The Morgan fingerprint density at radius 3 is 2.23 bits per heavy atom. The molecule has 2 fully saturated rings. The molecule has 3 rings (SSSR count). The molecule has 0 aromatic carbocycles. The lowest BCUT2D eigenvalue weighted by Gasteiger charge is -2.28. The molecule has 1 heterocycles. The molecule has 0 saturated heterocycles. The van der Waals surface area contributed by atoms with Crippen LogP contribution in [0.3, 0.4) is 0 Å². The average molecular weight is 425 g/mol. The van der Waals surface area contributed by atoms with E-state index in [-0.39, 0.29) is 11.8 Å². The first-order chi connectivity index (χ1) is 12.2. The maximum atomic E-state index is 12.9. The Balaban J connectivity index is 1.74. The maximum absolute atomic E-state index is 12.9. The van der Waals surface area contributed by atoms with Gasteiger partial charge in [0.2, 0.25) is 5.91 Å². The Labute approximate surface area is 161 Å². The van der Waals surface area contributed by atoms with Crippen molar-refractivity contribution in [3.05, 3.63) is 17.0 Å². The van der Waals surface area contributed by atoms with Crippen LogP contribution in [0.15, 0.2) is 17.0 Å². The molecule has 26 heavy (non-hydrogen) atoms. The van der Waals surface area contributed by atoms with Crippen molar-refractivity contribution in [2.45, 2.75) is 58.1 Å². The molecule has 1 aromatic rings. The highest BCUT2D eigenvalue weighted by Gasteiger charge is 2.48. The zero-order valence-corrected chi connectivity index (χ0v) is 16.9. The molecule has 1 aromatic heterocycles. The second-order valence-corrected chi connectivity index (χ2v) is 8.90. The zero-order chi connectivity index (χ0) is 18.9. The van der Waals surface area contributed by atoms with Crippen molar-refractivity contribution in [1.29, 1.82) is 0 Å². The highest BCUT2D eigenvalue weighted by molar-refractivity contribution is 9.10. The van der Waals surface area contributed by atoms with Crippen molar-refractivity contribution < 1.29 is 14.3 Å². The fraction of sp³-hybridized carbons (Fsp3) is 0.667. The van der Waals surface area contributed by atoms with E-state index in [0.717, 1.165) is 25.7 Å². The molecule has 7 nitrogen and oxygen atoms in total.